The van der Waals surface area contributed by atoms with Crippen LogP contribution in [0.15, 0.2) is 12.3 Å². The number of pyridine rings is 1. The third-order valence-corrected chi connectivity index (χ3v) is 9.67. The van der Waals surface area contributed by atoms with Gasteiger partial charge in [0.1, 0.15) is 11.6 Å². The van der Waals surface area contributed by atoms with E-state index in [0.717, 1.165) is 0 Å². The van der Waals surface area contributed by atoms with Crippen molar-refractivity contribution in [3.05, 3.63) is 12.3 Å². The Hall–Kier alpha value is -2.16. The number of hydrogen-bond acceptors (Lipinski definition) is 4. The first-order chi connectivity index (χ1) is 12.2. The minimum absolute atomic E-state index is 0.0379. The van der Waals surface area contributed by atoms with Gasteiger partial charge in [-0.05, 0) is 10.1 Å². The van der Waals surface area contributed by atoms with Crippen molar-refractivity contribution in [3.8, 4) is 5.75 Å². The molecule has 0 radical (unpaired) electrons. The average molecular weight is 399 g/mol. The quantitative estimate of drug-likeness (QED) is 0.506. The van der Waals surface area contributed by atoms with Crippen molar-refractivity contribution in [1.29, 1.82) is 0 Å². The summed E-state index contributed by atoms with van der Waals surface area (Å²) in [6, 6.07) is 0.982. The first-order valence-corrected chi connectivity index (χ1v) is 10.7. The minimum atomic E-state index is -3.56. The number of anilines is 1. The highest BCUT2D eigenvalue weighted by Crippen LogP contribution is 2.52. The van der Waals surface area contributed by atoms with Gasteiger partial charge in [-0.15, -0.1) is 0 Å². The fourth-order valence-electron chi connectivity index (χ4n) is 3.33. The van der Waals surface area contributed by atoms with Crippen LogP contribution in [0.25, 0.3) is 0 Å². The molecule has 9 heteroatoms. The number of halogens is 1. The van der Waals surface area contributed by atoms with Crippen LogP contribution < -0.4 is 26.3 Å². The molecular formula is C18H31FN4O3Si. The molecule has 0 saturated carbocycles. The van der Waals surface area contributed by atoms with E-state index < -0.39 is 30.4 Å². The number of carbonyl (C=O) groups excluding carboxylic acids is 2. The fourth-order valence-corrected chi connectivity index (χ4v) is 7.95. The predicted octanol–water partition coefficient (Wildman–Crippen LogP) is 2.81. The summed E-state index contributed by atoms with van der Waals surface area (Å²) in [5, 5.41) is 4.34. The number of amides is 3. The lowest BCUT2D eigenvalue weighted by atomic mass is 10.2. The summed E-state index contributed by atoms with van der Waals surface area (Å²) in [5.41, 5.74) is 5.03. The zero-order valence-electron chi connectivity index (χ0n) is 17.2. The molecule has 0 atom stereocenters. The second kappa shape index (κ2) is 8.24. The van der Waals surface area contributed by atoms with Crippen LogP contribution in [0.2, 0.25) is 10.1 Å². The highest BCUT2D eigenvalue weighted by molar-refractivity contribution is 6.91. The van der Waals surface area contributed by atoms with Crippen LogP contribution in [-0.4, -0.2) is 39.0 Å². The standard InChI is InChI=1S/C18H31FN4O3Si/c1-17(2,3)27(19,18(4,5)6)13-11-22-15(10-12(13)26-7)23-16(25)21-9-8-14(20)24/h10-11H,8-9H2,1-7H3,(H2,20,24)(H2,21,22,23,25). The molecule has 0 aliphatic carbocycles. The van der Waals surface area contributed by atoms with Crippen LogP contribution in [0, 0.1) is 0 Å². The van der Waals surface area contributed by atoms with Crippen LogP contribution in [0.3, 0.4) is 0 Å². The molecule has 1 rings (SSSR count). The number of nitrogens with one attached hydrogen (secondary N) is 2. The Morgan fingerprint density at radius 3 is 2.22 bits per heavy atom. The van der Waals surface area contributed by atoms with Crippen molar-refractivity contribution in [3.63, 3.8) is 0 Å². The van der Waals surface area contributed by atoms with Crippen LogP contribution in [-0.2, 0) is 4.79 Å². The number of nitrogens with zero attached hydrogens (tertiary/aromatic N) is 1. The first kappa shape index (κ1) is 22.9. The molecule has 0 aliphatic heterocycles. The molecule has 0 saturated heterocycles. The van der Waals surface area contributed by atoms with E-state index in [9.17, 15) is 9.59 Å². The highest BCUT2D eigenvalue weighted by atomic mass is 28.4. The van der Waals surface area contributed by atoms with Crippen LogP contribution in [0.4, 0.5) is 14.7 Å². The first-order valence-electron chi connectivity index (χ1n) is 8.80. The summed E-state index contributed by atoms with van der Waals surface area (Å²) in [6.45, 7) is 11.5. The molecule has 0 bridgehead atoms. The molecule has 1 heterocycles. The number of hydrogen-bond donors (Lipinski definition) is 3. The Balaban J connectivity index is 3.17. The van der Waals surface area contributed by atoms with Crippen LogP contribution >= 0.6 is 0 Å². The zero-order valence-corrected chi connectivity index (χ0v) is 18.2. The summed E-state index contributed by atoms with van der Waals surface area (Å²) < 4.78 is 21.9. The van der Waals surface area contributed by atoms with Gasteiger partial charge in [-0.3, -0.25) is 10.1 Å². The maximum absolute atomic E-state index is 16.5. The summed E-state index contributed by atoms with van der Waals surface area (Å²) in [4.78, 5) is 26.8. The van der Waals surface area contributed by atoms with Gasteiger partial charge in [0.15, 0.2) is 0 Å². The van der Waals surface area contributed by atoms with Gasteiger partial charge in [-0.2, -0.15) is 0 Å². The number of rotatable bonds is 6. The number of carbonyl (C=O) groups is 2. The molecule has 152 valence electrons. The summed E-state index contributed by atoms with van der Waals surface area (Å²) in [5.74, 6) is 0.0795. The molecule has 1 aromatic heterocycles. The lowest BCUT2D eigenvalue weighted by molar-refractivity contribution is -0.117. The summed E-state index contributed by atoms with van der Waals surface area (Å²) >= 11 is 0. The maximum Gasteiger partial charge on any atom is 0.320 e. The summed E-state index contributed by atoms with van der Waals surface area (Å²) in [6.07, 6.45) is 1.50. The smallest absolute Gasteiger partial charge is 0.320 e. The molecule has 4 N–H and O–H groups in total. The molecule has 0 aromatic carbocycles. The van der Waals surface area contributed by atoms with Gasteiger partial charge < -0.3 is 19.9 Å². The highest BCUT2D eigenvalue weighted by Gasteiger charge is 2.58. The van der Waals surface area contributed by atoms with Crippen LogP contribution in [0.5, 0.6) is 5.75 Å². The Bertz CT molecular complexity index is 685. The van der Waals surface area contributed by atoms with E-state index in [1.165, 1.54) is 19.4 Å². The molecule has 27 heavy (non-hydrogen) atoms. The van der Waals surface area contributed by atoms with E-state index in [2.05, 4.69) is 15.6 Å². The SMILES string of the molecule is COc1cc(NC(=O)NCCC(N)=O)ncc1[Si](F)(C(C)(C)C)C(C)(C)C. The number of urea groups is 1. The van der Waals surface area contributed by atoms with Crippen molar-refractivity contribution >= 4 is 31.4 Å². The molecule has 0 unspecified atom stereocenters. The topological polar surface area (TPSA) is 106 Å². The largest absolute Gasteiger partial charge is 0.497 e. The predicted molar refractivity (Wildman–Crippen MR) is 108 cm³/mol. The number of aromatic nitrogens is 1. The maximum atomic E-state index is 16.5. The Labute approximate surface area is 161 Å². The van der Waals surface area contributed by atoms with Gasteiger partial charge >= 0.3 is 6.03 Å². The number of primary amides is 1. The van der Waals surface area contributed by atoms with Gasteiger partial charge in [0.25, 0.3) is 8.41 Å². The van der Waals surface area contributed by atoms with E-state index in [4.69, 9.17) is 10.5 Å². The molecule has 3 amide bonds. The monoisotopic (exact) mass is 398 g/mol. The van der Waals surface area contributed by atoms with E-state index in [-0.39, 0.29) is 18.8 Å². The van der Waals surface area contributed by atoms with Gasteiger partial charge in [0.2, 0.25) is 5.91 Å². The molecule has 0 aliphatic rings. The van der Waals surface area contributed by atoms with E-state index >= 15 is 4.11 Å². The van der Waals surface area contributed by atoms with E-state index in [1.807, 2.05) is 41.5 Å². The summed E-state index contributed by atoms with van der Waals surface area (Å²) in [7, 11) is -2.09. The van der Waals surface area contributed by atoms with E-state index in [1.54, 1.807) is 0 Å². The number of nitrogens with two attached hydrogens (primary N) is 1. The zero-order chi connectivity index (χ0) is 21.0. The lowest BCUT2D eigenvalue weighted by Crippen LogP contribution is -2.58. The van der Waals surface area contributed by atoms with Gasteiger partial charge in [0.05, 0.1) is 7.11 Å². The van der Waals surface area contributed by atoms with Crippen molar-refractivity contribution in [1.82, 2.24) is 10.3 Å². The van der Waals surface area contributed by atoms with E-state index in [0.29, 0.717) is 10.9 Å². The molecule has 0 spiro atoms. The Morgan fingerprint density at radius 1 is 1.22 bits per heavy atom. The number of ether oxygens (including phenoxy) is 1. The van der Waals surface area contributed by atoms with Gasteiger partial charge in [0, 0.05) is 30.4 Å². The van der Waals surface area contributed by atoms with Crippen molar-refractivity contribution < 1.29 is 18.4 Å². The number of methoxy groups -OCH3 is 1. The minimum Gasteiger partial charge on any atom is -0.497 e. The average Bonchev–Trinajstić information content (AvgIpc) is 2.51. The normalized spacial score (nSPS) is 12.4. The van der Waals surface area contributed by atoms with Crippen molar-refractivity contribution in [2.24, 2.45) is 5.73 Å². The van der Waals surface area contributed by atoms with Gasteiger partial charge in [-0.25, -0.2) is 9.78 Å². The Morgan fingerprint density at radius 2 is 1.78 bits per heavy atom. The second-order valence-corrected chi connectivity index (χ2v) is 13.4. The second-order valence-electron chi connectivity index (χ2n) is 8.53. The molecule has 1 aromatic rings. The van der Waals surface area contributed by atoms with Crippen molar-refractivity contribution in [2.45, 2.75) is 58.0 Å². The van der Waals surface area contributed by atoms with Crippen LogP contribution in [0.1, 0.15) is 48.0 Å². The molecule has 7 nitrogen and oxygen atoms in total. The van der Waals surface area contributed by atoms with Crippen molar-refractivity contribution in [2.75, 3.05) is 19.0 Å². The third-order valence-electron chi connectivity index (χ3n) is 4.42. The lowest BCUT2D eigenvalue weighted by Gasteiger charge is -2.45. The molecular weight excluding hydrogens is 367 g/mol. The fraction of sp³-hybridized carbons (Fsp3) is 0.611. The Kier molecular flexibility index (Phi) is 6.98. The van der Waals surface area contributed by atoms with Gasteiger partial charge in [-0.1, -0.05) is 41.5 Å². The third kappa shape index (κ3) is 5.18. The molecule has 0 fully saturated rings.